The molecule has 7 heteroatoms. The number of hydrogen-bond acceptors (Lipinski definition) is 4. The zero-order chi connectivity index (χ0) is 17.4. The second kappa shape index (κ2) is 6.22. The van der Waals surface area contributed by atoms with Crippen LogP contribution >= 0.6 is 11.6 Å². The van der Waals surface area contributed by atoms with E-state index < -0.39 is 10.0 Å². The van der Waals surface area contributed by atoms with Crippen molar-refractivity contribution < 1.29 is 8.42 Å². The number of sulfonamides is 1. The first-order valence-electron chi connectivity index (χ1n) is 7.68. The largest absolute Gasteiger partial charge is 0.244 e. The van der Waals surface area contributed by atoms with E-state index in [9.17, 15) is 8.42 Å². The summed E-state index contributed by atoms with van der Waals surface area (Å²) in [7, 11) is -3.57. The molecule has 0 atom stereocenters. The molecule has 0 radical (unpaired) electrons. The van der Waals surface area contributed by atoms with Gasteiger partial charge in [-0.1, -0.05) is 35.9 Å². The Morgan fingerprint density at radius 2 is 1.56 bits per heavy atom. The minimum Gasteiger partial charge on any atom is -0.244 e. The number of nitrogens with zero attached hydrogens (tertiary/aromatic N) is 3. The molecular weight excluding hydrogens is 358 g/mol. The van der Waals surface area contributed by atoms with Gasteiger partial charge in [-0.25, -0.2) is 18.4 Å². The highest BCUT2D eigenvalue weighted by Crippen LogP contribution is 2.28. The molecule has 3 aromatic rings. The molecule has 0 amide bonds. The van der Waals surface area contributed by atoms with Gasteiger partial charge < -0.3 is 0 Å². The van der Waals surface area contributed by atoms with Crippen LogP contribution in [0.25, 0.3) is 11.1 Å². The predicted molar refractivity (Wildman–Crippen MR) is 95.4 cm³/mol. The summed E-state index contributed by atoms with van der Waals surface area (Å²) in [5.41, 5.74) is 3.53. The third kappa shape index (κ3) is 3.04. The number of aromatic nitrogens is 2. The van der Waals surface area contributed by atoms with Crippen molar-refractivity contribution in [2.24, 2.45) is 0 Å². The number of fused-ring (bicyclic) bond motifs is 1. The maximum atomic E-state index is 12.9. The van der Waals surface area contributed by atoms with Crippen molar-refractivity contribution in [3.05, 3.63) is 77.3 Å². The second-order valence-corrected chi connectivity index (χ2v) is 8.17. The van der Waals surface area contributed by atoms with Crippen molar-refractivity contribution in [3.8, 4) is 11.1 Å². The fraction of sp³-hybridized carbons (Fsp3) is 0.111. The fourth-order valence-corrected chi connectivity index (χ4v) is 4.36. The molecule has 1 aliphatic heterocycles. The summed E-state index contributed by atoms with van der Waals surface area (Å²) in [5, 5.41) is 0.666. The van der Waals surface area contributed by atoms with Gasteiger partial charge in [0.1, 0.15) is 6.33 Å². The molecule has 0 bridgehead atoms. The summed E-state index contributed by atoms with van der Waals surface area (Å²) >= 11 is 5.90. The zero-order valence-electron chi connectivity index (χ0n) is 13.1. The average molecular weight is 372 g/mol. The van der Waals surface area contributed by atoms with Crippen LogP contribution in [0.5, 0.6) is 0 Å². The molecule has 0 saturated carbocycles. The van der Waals surface area contributed by atoms with Gasteiger partial charge in [0.2, 0.25) is 10.0 Å². The van der Waals surface area contributed by atoms with Crippen LogP contribution in [0, 0.1) is 0 Å². The Bertz CT molecular complexity index is 994. The van der Waals surface area contributed by atoms with Crippen LogP contribution in [-0.2, 0) is 23.1 Å². The van der Waals surface area contributed by atoms with Crippen LogP contribution < -0.4 is 0 Å². The van der Waals surface area contributed by atoms with Gasteiger partial charge >= 0.3 is 0 Å². The van der Waals surface area contributed by atoms with E-state index in [-0.39, 0.29) is 11.4 Å². The SMILES string of the molecule is O=S(=O)(c1ccc(-c2ccc(Cl)cc2)cc1)N1Cc2cncnc2C1. The van der Waals surface area contributed by atoms with Crippen molar-refractivity contribution in [1.29, 1.82) is 0 Å². The first-order valence-corrected chi connectivity index (χ1v) is 9.50. The predicted octanol–water partition coefficient (Wildman–Crippen LogP) is 3.50. The van der Waals surface area contributed by atoms with Crippen LogP contribution in [0.2, 0.25) is 5.02 Å². The fourth-order valence-electron chi connectivity index (χ4n) is 2.85. The normalized spacial score (nSPS) is 14.4. The average Bonchev–Trinajstić information content (AvgIpc) is 3.08. The Kier molecular flexibility index (Phi) is 4.03. The molecule has 0 aliphatic carbocycles. The minimum atomic E-state index is -3.57. The molecule has 2 aromatic carbocycles. The monoisotopic (exact) mass is 371 g/mol. The highest BCUT2D eigenvalue weighted by Gasteiger charge is 2.31. The van der Waals surface area contributed by atoms with Crippen molar-refractivity contribution in [2.75, 3.05) is 0 Å². The lowest BCUT2D eigenvalue weighted by molar-refractivity contribution is 0.429. The van der Waals surface area contributed by atoms with Crippen molar-refractivity contribution in [1.82, 2.24) is 14.3 Å². The van der Waals surface area contributed by atoms with Gasteiger partial charge in [0, 0.05) is 23.3 Å². The Morgan fingerprint density at radius 3 is 2.20 bits per heavy atom. The maximum Gasteiger partial charge on any atom is 0.243 e. The molecule has 0 fully saturated rings. The molecule has 126 valence electrons. The van der Waals surface area contributed by atoms with Gasteiger partial charge in [-0.15, -0.1) is 0 Å². The maximum absolute atomic E-state index is 12.9. The number of hydrogen-bond donors (Lipinski definition) is 0. The van der Waals surface area contributed by atoms with E-state index in [2.05, 4.69) is 9.97 Å². The lowest BCUT2D eigenvalue weighted by Crippen LogP contribution is -2.25. The van der Waals surface area contributed by atoms with Crippen molar-refractivity contribution in [3.63, 3.8) is 0 Å². The lowest BCUT2D eigenvalue weighted by atomic mass is 10.1. The van der Waals surface area contributed by atoms with Crippen LogP contribution in [0.15, 0.2) is 66.0 Å². The molecule has 1 aliphatic rings. The summed E-state index contributed by atoms with van der Waals surface area (Å²) in [4.78, 5) is 8.37. The van der Waals surface area contributed by atoms with E-state index in [4.69, 9.17) is 11.6 Å². The Hall–Kier alpha value is -2.28. The number of halogens is 1. The van der Waals surface area contributed by atoms with Crippen molar-refractivity contribution in [2.45, 2.75) is 18.0 Å². The zero-order valence-corrected chi connectivity index (χ0v) is 14.7. The Morgan fingerprint density at radius 1 is 0.920 bits per heavy atom. The Balaban J connectivity index is 1.60. The molecule has 0 spiro atoms. The summed E-state index contributed by atoms with van der Waals surface area (Å²) in [6.45, 7) is 0.580. The van der Waals surface area contributed by atoms with Crippen LogP contribution in [0.1, 0.15) is 11.3 Å². The number of benzene rings is 2. The van der Waals surface area contributed by atoms with Gasteiger partial charge in [-0.2, -0.15) is 4.31 Å². The van der Waals surface area contributed by atoms with Gasteiger partial charge in [0.25, 0.3) is 0 Å². The lowest BCUT2D eigenvalue weighted by Gasteiger charge is -2.15. The number of rotatable bonds is 3. The molecule has 0 N–H and O–H groups in total. The molecule has 0 unspecified atom stereocenters. The molecular formula is C18H14ClN3O2S. The molecule has 1 aromatic heterocycles. The van der Waals surface area contributed by atoms with E-state index >= 15 is 0 Å². The molecule has 0 saturated heterocycles. The minimum absolute atomic E-state index is 0.269. The second-order valence-electron chi connectivity index (χ2n) is 5.80. The van der Waals surface area contributed by atoms with Crippen molar-refractivity contribution >= 4 is 21.6 Å². The standard InChI is InChI=1S/C18H14ClN3O2S/c19-16-5-1-13(2-6-16)14-3-7-17(8-4-14)25(23,24)22-10-15-9-20-12-21-18(15)11-22/h1-9,12H,10-11H2. The molecule has 25 heavy (non-hydrogen) atoms. The van der Waals surface area contributed by atoms with Gasteiger partial charge in [-0.3, -0.25) is 0 Å². The van der Waals surface area contributed by atoms with E-state index in [1.807, 2.05) is 24.3 Å². The summed E-state index contributed by atoms with van der Waals surface area (Å²) < 4.78 is 27.1. The van der Waals surface area contributed by atoms with E-state index in [1.165, 1.54) is 10.6 Å². The van der Waals surface area contributed by atoms with Gasteiger partial charge in [0.05, 0.1) is 17.1 Å². The quantitative estimate of drug-likeness (QED) is 0.706. The van der Waals surface area contributed by atoms with Gasteiger partial charge in [-0.05, 0) is 35.4 Å². The molecule has 2 heterocycles. The van der Waals surface area contributed by atoms with Crippen LogP contribution in [0.4, 0.5) is 0 Å². The molecule has 5 nitrogen and oxygen atoms in total. The summed E-state index contributed by atoms with van der Waals surface area (Å²) in [5.74, 6) is 0. The van der Waals surface area contributed by atoms with Crippen LogP contribution in [-0.4, -0.2) is 22.7 Å². The third-order valence-corrected chi connectivity index (χ3v) is 6.28. The highest BCUT2D eigenvalue weighted by atomic mass is 35.5. The first-order chi connectivity index (χ1) is 12.0. The highest BCUT2D eigenvalue weighted by molar-refractivity contribution is 7.89. The van der Waals surface area contributed by atoms with E-state index in [1.54, 1.807) is 30.5 Å². The molecule has 4 rings (SSSR count). The Labute approximate surface area is 151 Å². The summed E-state index contributed by atoms with van der Waals surface area (Å²) in [6, 6.07) is 14.3. The summed E-state index contributed by atoms with van der Waals surface area (Å²) in [6.07, 6.45) is 3.11. The first kappa shape index (κ1) is 16.2. The topological polar surface area (TPSA) is 63.2 Å². The third-order valence-electron chi connectivity index (χ3n) is 4.22. The van der Waals surface area contributed by atoms with Crippen LogP contribution in [0.3, 0.4) is 0 Å². The van der Waals surface area contributed by atoms with E-state index in [0.29, 0.717) is 11.6 Å². The smallest absolute Gasteiger partial charge is 0.243 e. The van der Waals surface area contributed by atoms with Gasteiger partial charge in [0.15, 0.2) is 0 Å². The van der Waals surface area contributed by atoms with E-state index in [0.717, 1.165) is 22.4 Å².